The number of nitrogens with one attached hydrogen (secondary N) is 1. The Morgan fingerprint density at radius 3 is 2.44 bits per heavy atom. The standard InChI is InChI=1S/C15H33N3/c1-5-15(16-2)7-6-10-18-11-8-14(9-12-18)13-17(3)4/h14-16H,5-13H2,1-4H3. The van der Waals surface area contributed by atoms with Gasteiger partial charge in [-0.05, 0) is 78.8 Å². The fourth-order valence-corrected chi connectivity index (χ4v) is 3.02. The zero-order valence-electron chi connectivity index (χ0n) is 12.9. The summed E-state index contributed by atoms with van der Waals surface area (Å²) >= 11 is 0. The predicted octanol–water partition coefficient (Wildman–Crippen LogP) is 2.04. The lowest BCUT2D eigenvalue weighted by atomic mass is 9.96. The first-order chi connectivity index (χ1) is 8.65. The van der Waals surface area contributed by atoms with Crippen molar-refractivity contribution < 1.29 is 0 Å². The third-order valence-corrected chi connectivity index (χ3v) is 4.26. The molecule has 1 fully saturated rings. The molecule has 1 N–H and O–H groups in total. The number of hydrogen-bond donors (Lipinski definition) is 1. The van der Waals surface area contributed by atoms with Crippen LogP contribution in [-0.2, 0) is 0 Å². The minimum absolute atomic E-state index is 0.719. The van der Waals surface area contributed by atoms with E-state index in [0.717, 1.165) is 12.0 Å². The molecule has 3 nitrogen and oxygen atoms in total. The third-order valence-electron chi connectivity index (χ3n) is 4.26. The number of hydrogen-bond acceptors (Lipinski definition) is 3. The Kier molecular flexibility index (Phi) is 7.87. The lowest BCUT2D eigenvalue weighted by Gasteiger charge is -2.33. The van der Waals surface area contributed by atoms with Crippen LogP contribution in [0.4, 0.5) is 0 Å². The summed E-state index contributed by atoms with van der Waals surface area (Å²) in [6.45, 7) is 7.47. The van der Waals surface area contributed by atoms with Crippen LogP contribution in [0.1, 0.15) is 39.0 Å². The quantitative estimate of drug-likeness (QED) is 0.716. The molecule has 1 rings (SSSR count). The van der Waals surface area contributed by atoms with Gasteiger partial charge in [-0.2, -0.15) is 0 Å². The molecule has 1 unspecified atom stereocenters. The average Bonchev–Trinajstić information content (AvgIpc) is 2.36. The maximum absolute atomic E-state index is 3.39. The molecule has 3 heteroatoms. The topological polar surface area (TPSA) is 18.5 Å². The normalized spacial score (nSPS) is 20.5. The second-order valence-corrected chi connectivity index (χ2v) is 6.08. The molecular formula is C15H33N3. The minimum Gasteiger partial charge on any atom is -0.317 e. The molecule has 0 aliphatic carbocycles. The maximum atomic E-state index is 3.39. The summed E-state index contributed by atoms with van der Waals surface area (Å²) in [6, 6.07) is 0.719. The van der Waals surface area contributed by atoms with Crippen molar-refractivity contribution in [2.24, 2.45) is 5.92 Å². The van der Waals surface area contributed by atoms with E-state index in [4.69, 9.17) is 0 Å². The van der Waals surface area contributed by atoms with E-state index in [1.165, 1.54) is 58.3 Å². The molecule has 0 aromatic heterocycles. The van der Waals surface area contributed by atoms with E-state index < -0.39 is 0 Å². The Morgan fingerprint density at radius 1 is 1.28 bits per heavy atom. The molecular weight excluding hydrogens is 222 g/mol. The smallest absolute Gasteiger partial charge is 0.00619 e. The van der Waals surface area contributed by atoms with Gasteiger partial charge in [-0.1, -0.05) is 6.92 Å². The lowest BCUT2D eigenvalue weighted by Crippen LogP contribution is -2.38. The van der Waals surface area contributed by atoms with Crippen LogP contribution in [0.15, 0.2) is 0 Å². The van der Waals surface area contributed by atoms with Crippen LogP contribution >= 0.6 is 0 Å². The van der Waals surface area contributed by atoms with Crippen molar-refractivity contribution in [1.82, 2.24) is 15.1 Å². The Hall–Kier alpha value is -0.120. The highest BCUT2D eigenvalue weighted by molar-refractivity contribution is 4.74. The molecule has 1 aliphatic heterocycles. The molecule has 0 amide bonds. The molecule has 108 valence electrons. The van der Waals surface area contributed by atoms with Crippen molar-refractivity contribution in [3.63, 3.8) is 0 Å². The van der Waals surface area contributed by atoms with Crippen molar-refractivity contribution in [3.8, 4) is 0 Å². The summed E-state index contributed by atoms with van der Waals surface area (Å²) in [5.74, 6) is 0.928. The van der Waals surface area contributed by atoms with E-state index in [2.05, 4.69) is 43.2 Å². The SMILES string of the molecule is CCC(CCCN1CCC(CN(C)C)CC1)NC. The zero-order valence-corrected chi connectivity index (χ0v) is 12.9. The van der Waals surface area contributed by atoms with Gasteiger partial charge in [0, 0.05) is 12.6 Å². The van der Waals surface area contributed by atoms with Gasteiger partial charge < -0.3 is 15.1 Å². The Labute approximate surface area is 114 Å². The summed E-state index contributed by atoms with van der Waals surface area (Å²) in [6.07, 6.45) is 6.70. The Bertz CT molecular complexity index is 194. The van der Waals surface area contributed by atoms with Crippen molar-refractivity contribution in [2.45, 2.75) is 45.1 Å². The highest BCUT2D eigenvalue weighted by Gasteiger charge is 2.19. The van der Waals surface area contributed by atoms with E-state index in [0.29, 0.717) is 0 Å². The molecule has 1 aliphatic rings. The van der Waals surface area contributed by atoms with E-state index in [9.17, 15) is 0 Å². The Morgan fingerprint density at radius 2 is 1.94 bits per heavy atom. The molecule has 1 heterocycles. The van der Waals surface area contributed by atoms with Gasteiger partial charge in [-0.25, -0.2) is 0 Å². The van der Waals surface area contributed by atoms with Crippen LogP contribution in [0.2, 0.25) is 0 Å². The van der Waals surface area contributed by atoms with E-state index >= 15 is 0 Å². The lowest BCUT2D eigenvalue weighted by molar-refractivity contribution is 0.159. The monoisotopic (exact) mass is 255 g/mol. The fraction of sp³-hybridized carbons (Fsp3) is 1.00. The summed E-state index contributed by atoms with van der Waals surface area (Å²) in [5, 5.41) is 3.39. The minimum atomic E-state index is 0.719. The van der Waals surface area contributed by atoms with Gasteiger partial charge in [0.05, 0.1) is 0 Å². The van der Waals surface area contributed by atoms with Crippen molar-refractivity contribution in [2.75, 3.05) is 47.3 Å². The molecule has 0 spiro atoms. The molecule has 0 aromatic rings. The van der Waals surface area contributed by atoms with Gasteiger partial charge in [-0.15, -0.1) is 0 Å². The molecule has 0 aromatic carbocycles. The third kappa shape index (κ3) is 6.17. The van der Waals surface area contributed by atoms with E-state index in [1.807, 2.05) is 0 Å². The first-order valence-electron chi connectivity index (χ1n) is 7.70. The molecule has 1 saturated heterocycles. The van der Waals surface area contributed by atoms with Crippen molar-refractivity contribution in [1.29, 1.82) is 0 Å². The average molecular weight is 255 g/mol. The second-order valence-electron chi connectivity index (χ2n) is 6.08. The Balaban J connectivity index is 2.08. The molecule has 0 radical (unpaired) electrons. The maximum Gasteiger partial charge on any atom is 0.00619 e. The summed E-state index contributed by atoms with van der Waals surface area (Å²) in [5.41, 5.74) is 0. The molecule has 0 saturated carbocycles. The number of rotatable bonds is 8. The summed E-state index contributed by atoms with van der Waals surface area (Å²) in [4.78, 5) is 4.99. The van der Waals surface area contributed by atoms with Gasteiger partial charge in [0.1, 0.15) is 0 Å². The van der Waals surface area contributed by atoms with Gasteiger partial charge in [-0.3, -0.25) is 0 Å². The van der Waals surface area contributed by atoms with Crippen LogP contribution in [0.3, 0.4) is 0 Å². The van der Waals surface area contributed by atoms with E-state index in [1.54, 1.807) is 0 Å². The van der Waals surface area contributed by atoms with Gasteiger partial charge in [0.15, 0.2) is 0 Å². The molecule has 18 heavy (non-hydrogen) atoms. The zero-order chi connectivity index (χ0) is 13.4. The van der Waals surface area contributed by atoms with Gasteiger partial charge >= 0.3 is 0 Å². The highest BCUT2D eigenvalue weighted by Crippen LogP contribution is 2.18. The van der Waals surface area contributed by atoms with Crippen LogP contribution in [0, 0.1) is 5.92 Å². The summed E-state index contributed by atoms with van der Waals surface area (Å²) in [7, 11) is 6.46. The number of likely N-dealkylation sites (tertiary alicyclic amines) is 1. The van der Waals surface area contributed by atoms with Crippen LogP contribution in [0.5, 0.6) is 0 Å². The predicted molar refractivity (Wildman–Crippen MR) is 80.1 cm³/mol. The number of piperidine rings is 1. The highest BCUT2D eigenvalue weighted by atomic mass is 15.1. The largest absolute Gasteiger partial charge is 0.317 e. The molecule has 0 bridgehead atoms. The van der Waals surface area contributed by atoms with Crippen molar-refractivity contribution >= 4 is 0 Å². The number of nitrogens with zero attached hydrogens (tertiary/aromatic N) is 2. The van der Waals surface area contributed by atoms with Crippen LogP contribution in [0.25, 0.3) is 0 Å². The van der Waals surface area contributed by atoms with Crippen LogP contribution in [-0.4, -0.2) is 63.2 Å². The van der Waals surface area contributed by atoms with Gasteiger partial charge in [0.2, 0.25) is 0 Å². The first-order valence-corrected chi connectivity index (χ1v) is 7.70. The van der Waals surface area contributed by atoms with E-state index in [-0.39, 0.29) is 0 Å². The van der Waals surface area contributed by atoms with Crippen LogP contribution < -0.4 is 5.32 Å². The molecule has 1 atom stereocenters. The second kappa shape index (κ2) is 8.89. The fourth-order valence-electron chi connectivity index (χ4n) is 3.02. The summed E-state index contributed by atoms with van der Waals surface area (Å²) < 4.78 is 0. The first kappa shape index (κ1) is 15.9. The van der Waals surface area contributed by atoms with Gasteiger partial charge in [0.25, 0.3) is 0 Å². The van der Waals surface area contributed by atoms with Crippen molar-refractivity contribution in [3.05, 3.63) is 0 Å².